The topological polar surface area (TPSA) is 158 Å². The molecule has 2 aromatic rings. The molecule has 0 aromatic carbocycles. The van der Waals surface area contributed by atoms with Crippen molar-refractivity contribution in [1.82, 2.24) is 20.2 Å². The second-order valence-corrected chi connectivity index (χ2v) is 3.70. The average Bonchev–Trinajstić information content (AvgIpc) is 2.72. The summed E-state index contributed by atoms with van der Waals surface area (Å²) >= 11 is 0. The molecule has 0 radical (unpaired) electrons. The van der Waals surface area contributed by atoms with E-state index in [2.05, 4.69) is 20.2 Å². The Hall–Kier alpha value is -2.26. The van der Waals surface area contributed by atoms with E-state index in [1.54, 1.807) is 0 Å². The molecule has 18 heavy (non-hydrogen) atoms. The van der Waals surface area contributed by atoms with Crippen LogP contribution >= 0.6 is 0 Å². The third-order valence-corrected chi connectivity index (χ3v) is 2.45. The Kier molecular flexibility index (Phi) is 3.08. The summed E-state index contributed by atoms with van der Waals surface area (Å²) in [6.07, 6.45) is -2.33. The number of carboxylic acids is 1. The molecule has 0 saturated heterocycles. The molecule has 0 bridgehead atoms. The number of aliphatic hydroxyl groups excluding tert-OH is 2. The van der Waals surface area contributed by atoms with Crippen LogP contribution in [-0.2, 0) is 4.79 Å². The molecular formula is C9H11N5O4. The van der Waals surface area contributed by atoms with E-state index in [1.165, 1.54) is 6.33 Å². The van der Waals surface area contributed by atoms with Gasteiger partial charge < -0.3 is 21.1 Å². The summed E-state index contributed by atoms with van der Waals surface area (Å²) in [6, 6.07) is 0. The van der Waals surface area contributed by atoms with E-state index in [4.69, 9.17) is 10.8 Å². The minimum atomic E-state index is -1.48. The highest BCUT2D eigenvalue weighted by molar-refractivity contribution is 5.87. The lowest BCUT2D eigenvalue weighted by Gasteiger charge is -2.14. The van der Waals surface area contributed by atoms with Gasteiger partial charge in [0.25, 0.3) is 0 Å². The number of hydrogen-bond acceptors (Lipinski definition) is 7. The van der Waals surface area contributed by atoms with Crippen molar-refractivity contribution in [2.24, 2.45) is 0 Å². The molecule has 2 aromatic heterocycles. The van der Waals surface area contributed by atoms with Crippen LogP contribution in [0.1, 0.15) is 18.2 Å². The highest BCUT2D eigenvalue weighted by Gasteiger charge is 2.26. The minimum Gasteiger partial charge on any atom is -0.481 e. The summed E-state index contributed by atoms with van der Waals surface area (Å²) in [5, 5.41) is 34.5. The molecule has 2 atom stereocenters. The summed E-state index contributed by atoms with van der Waals surface area (Å²) < 4.78 is 0. The molecule has 96 valence electrons. The van der Waals surface area contributed by atoms with Gasteiger partial charge in [-0.3, -0.25) is 9.89 Å². The number of nitrogens with one attached hydrogen (secondary N) is 1. The number of fused-ring (bicyclic) bond motifs is 1. The van der Waals surface area contributed by atoms with E-state index >= 15 is 0 Å². The summed E-state index contributed by atoms with van der Waals surface area (Å²) in [7, 11) is 0. The van der Waals surface area contributed by atoms with Gasteiger partial charge >= 0.3 is 5.97 Å². The molecule has 2 unspecified atom stereocenters. The van der Waals surface area contributed by atoms with Crippen molar-refractivity contribution >= 4 is 22.8 Å². The SMILES string of the molecule is Nc1ncnc2n[nH]c(C(O)C(O)CC(=O)O)c12. The van der Waals surface area contributed by atoms with E-state index in [0.717, 1.165) is 0 Å². The highest BCUT2D eigenvalue weighted by atomic mass is 16.4. The first kappa shape index (κ1) is 12.2. The quantitative estimate of drug-likeness (QED) is 0.454. The zero-order valence-corrected chi connectivity index (χ0v) is 9.11. The van der Waals surface area contributed by atoms with Crippen LogP contribution in [0.4, 0.5) is 5.82 Å². The van der Waals surface area contributed by atoms with E-state index in [1.807, 2.05) is 0 Å². The van der Waals surface area contributed by atoms with Crippen LogP contribution < -0.4 is 5.73 Å². The zero-order valence-electron chi connectivity index (χ0n) is 9.11. The molecule has 6 N–H and O–H groups in total. The number of nitrogens with zero attached hydrogens (tertiary/aromatic N) is 3. The van der Waals surface area contributed by atoms with Gasteiger partial charge in [0, 0.05) is 0 Å². The van der Waals surface area contributed by atoms with Gasteiger partial charge in [-0.1, -0.05) is 0 Å². The van der Waals surface area contributed by atoms with E-state index in [9.17, 15) is 15.0 Å². The van der Waals surface area contributed by atoms with Crippen molar-refractivity contribution in [2.75, 3.05) is 5.73 Å². The van der Waals surface area contributed by atoms with Crippen LogP contribution in [0, 0.1) is 0 Å². The largest absolute Gasteiger partial charge is 0.481 e. The number of aromatic amines is 1. The van der Waals surface area contributed by atoms with Gasteiger partial charge in [-0.25, -0.2) is 9.97 Å². The predicted octanol–water partition coefficient (Wildman–Crippen LogP) is -1.20. The van der Waals surface area contributed by atoms with Crippen LogP contribution in [0.3, 0.4) is 0 Å². The predicted molar refractivity (Wildman–Crippen MR) is 59.3 cm³/mol. The number of aliphatic hydroxyl groups is 2. The fraction of sp³-hybridized carbons (Fsp3) is 0.333. The third-order valence-electron chi connectivity index (χ3n) is 2.45. The van der Waals surface area contributed by atoms with Gasteiger partial charge in [0.15, 0.2) is 5.65 Å². The number of aromatic nitrogens is 4. The van der Waals surface area contributed by atoms with Crippen LogP contribution in [0.15, 0.2) is 6.33 Å². The molecule has 0 saturated carbocycles. The van der Waals surface area contributed by atoms with Crippen LogP contribution in [0.5, 0.6) is 0 Å². The van der Waals surface area contributed by atoms with Crippen molar-refractivity contribution in [1.29, 1.82) is 0 Å². The smallest absolute Gasteiger partial charge is 0.306 e. The standard InChI is InChI=1S/C9H11N5O4/c10-8-5-6(7(18)3(15)1-4(16)17)13-14-9(5)12-2-11-8/h2-3,7,15,18H,1H2,(H,16,17)(H3,10,11,12,13,14). The van der Waals surface area contributed by atoms with Crippen molar-refractivity contribution in [3.8, 4) is 0 Å². The number of anilines is 1. The Morgan fingerprint density at radius 1 is 1.44 bits per heavy atom. The van der Waals surface area contributed by atoms with Crippen LogP contribution in [-0.4, -0.2) is 47.6 Å². The maximum Gasteiger partial charge on any atom is 0.306 e. The fourth-order valence-corrected chi connectivity index (χ4v) is 1.60. The van der Waals surface area contributed by atoms with Gasteiger partial charge in [-0.15, -0.1) is 0 Å². The number of rotatable bonds is 4. The lowest BCUT2D eigenvalue weighted by Crippen LogP contribution is -2.22. The van der Waals surface area contributed by atoms with Gasteiger partial charge in [0.1, 0.15) is 18.2 Å². The zero-order chi connectivity index (χ0) is 13.3. The summed E-state index contributed by atoms with van der Waals surface area (Å²) in [5.41, 5.74) is 5.95. The molecule has 0 spiro atoms. The lowest BCUT2D eigenvalue weighted by atomic mass is 10.1. The number of hydrogen-bond donors (Lipinski definition) is 5. The van der Waals surface area contributed by atoms with Crippen molar-refractivity contribution in [3.05, 3.63) is 12.0 Å². The van der Waals surface area contributed by atoms with Gasteiger partial charge in [0.05, 0.1) is 23.6 Å². The summed E-state index contributed by atoms with van der Waals surface area (Å²) in [4.78, 5) is 18.0. The summed E-state index contributed by atoms with van der Waals surface area (Å²) in [6.45, 7) is 0. The normalized spacial score (nSPS) is 14.6. The van der Waals surface area contributed by atoms with Crippen molar-refractivity contribution in [2.45, 2.75) is 18.6 Å². The van der Waals surface area contributed by atoms with Crippen LogP contribution in [0.25, 0.3) is 11.0 Å². The first-order valence-corrected chi connectivity index (χ1v) is 5.03. The lowest BCUT2D eigenvalue weighted by molar-refractivity contribution is -0.141. The molecule has 0 aliphatic carbocycles. The first-order chi connectivity index (χ1) is 8.50. The molecular weight excluding hydrogens is 242 g/mol. The molecule has 0 aliphatic heterocycles. The monoisotopic (exact) mass is 253 g/mol. The van der Waals surface area contributed by atoms with E-state index in [-0.39, 0.29) is 22.5 Å². The van der Waals surface area contributed by atoms with Crippen molar-refractivity contribution in [3.63, 3.8) is 0 Å². The minimum absolute atomic E-state index is 0.0883. The molecule has 2 heterocycles. The Labute approximate surface area is 100 Å². The van der Waals surface area contributed by atoms with Crippen molar-refractivity contribution < 1.29 is 20.1 Å². The Bertz CT molecular complexity index is 583. The number of nitrogen functional groups attached to an aromatic ring is 1. The molecule has 0 amide bonds. The van der Waals surface area contributed by atoms with Gasteiger partial charge in [0.2, 0.25) is 0 Å². The second-order valence-electron chi connectivity index (χ2n) is 3.70. The number of H-pyrrole nitrogens is 1. The Morgan fingerprint density at radius 3 is 2.83 bits per heavy atom. The number of carbonyl (C=O) groups is 1. The Balaban J connectivity index is 2.39. The van der Waals surface area contributed by atoms with E-state index in [0.29, 0.717) is 0 Å². The van der Waals surface area contributed by atoms with Gasteiger partial charge in [-0.2, -0.15) is 5.10 Å². The van der Waals surface area contributed by atoms with E-state index < -0.39 is 24.6 Å². The first-order valence-electron chi connectivity index (χ1n) is 5.03. The highest BCUT2D eigenvalue weighted by Crippen LogP contribution is 2.26. The summed E-state index contributed by atoms with van der Waals surface area (Å²) in [5.74, 6) is -1.14. The van der Waals surface area contributed by atoms with Crippen LogP contribution in [0.2, 0.25) is 0 Å². The molecule has 0 aliphatic rings. The molecule has 0 fully saturated rings. The molecule has 9 heteroatoms. The number of nitrogens with two attached hydrogens (primary N) is 1. The molecule has 9 nitrogen and oxygen atoms in total. The second kappa shape index (κ2) is 4.55. The average molecular weight is 253 g/mol. The van der Waals surface area contributed by atoms with Gasteiger partial charge in [-0.05, 0) is 0 Å². The maximum atomic E-state index is 10.5. The number of carboxylic acid groups (broad SMARTS) is 1. The Morgan fingerprint density at radius 2 is 2.17 bits per heavy atom. The maximum absolute atomic E-state index is 10.5. The third kappa shape index (κ3) is 2.08. The molecule has 2 rings (SSSR count). The number of aliphatic carboxylic acids is 1. The fourth-order valence-electron chi connectivity index (χ4n) is 1.60.